The predicted octanol–water partition coefficient (Wildman–Crippen LogP) is 5.17. The molecule has 3 heterocycles. The van der Waals surface area contributed by atoms with Crippen molar-refractivity contribution < 1.29 is 0 Å². The molecule has 0 fully saturated rings. The molecule has 4 rings (SSSR count). The summed E-state index contributed by atoms with van der Waals surface area (Å²) in [5, 5.41) is 14.3. The molecular formula is C27H35N7O. The maximum absolute atomic E-state index is 13.4. The fourth-order valence-electron chi connectivity index (χ4n) is 4.64. The van der Waals surface area contributed by atoms with E-state index in [1.165, 1.54) is 18.5 Å². The quantitative estimate of drug-likeness (QED) is 0.286. The van der Waals surface area contributed by atoms with E-state index in [1.807, 2.05) is 21.4 Å². The van der Waals surface area contributed by atoms with E-state index in [2.05, 4.69) is 70.6 Å². The monoisotopic (exact) mass is 473 g/mol. The Bertz CT molecular complexity index is 1270. The molecule has 1 N–H and O–H groups in total. The number of aromatic nitrogens is 7. The Morgan fingerprint density at radius 2 is 1.69 bits per heavy atom. The number of H-pyrrole nitrogens is 1. The Labute approximate surface area is 206 Å². The zero-order valence-electron chi connectivity index (χ0n) is 21.0. The maximum Gasteiger partial charge on any atom is 0.328 e. The van der Waals surface area contributed by atoms with Gasteiger partial charge in [-0.05, 0) is 53.8 Å². The predicted molar refractivity (Wildman–Crippen MR) is 138 cm³/mol. The first kappa shape index (κ1) is 24.6. The molecule has 35 heavy (non-hydrogen) atoms. The molecule has 4 aromatic rings. The molecule has 0 saturated carbocycles. The van der Waals surface area contributed by atoms with Crippen molar-refractivity contribution in [2.24, 2.45) is 0 Å². The van der Waals surface area contributed by atoms with Crippen LogP contribution in [0.4, 0.5) is 0 Å². The summed E-state index contributed by atoms with van der Waals surface area (Å²) in [5.74, 6) is 0.606. The Kier molecular flexibility index (Phi) is 8.23. The summed E-state index contributed by atoms with van der Waals surface area (Å²) in [7, 11) is 0. The third-order valence-electron chi connectivity index (χ3n) is 6.64. The number of nitrogens with zero attached hydrogens (tertiary/aromatic N) is 6. The smallest absolute Gasteiger partial charge is 0.296 e. The standard InChI is InChI=1S/C27H35N7O/c1-4-6-8-10-25-20(3)33(17-9-7-5-2)27(35)34(25)19-21-11-13-22(14-12-21)24-18-28-16-15-23(24)26-29-31-32-30-26/h11-16,18H,4-10,17,19H2,1-3H3,(H,29,30,31,32). The van der Waals surface area contributed by atoms with E-state index in [4.69, 9.17) is 0 Å². The van der Waals surface area contributed by atoms with Crippen LogP contribution in [-0.2, 0) is 19.5 Å². The fourth-order valence-corrected chi connectivity index (χ4v) is 4.64. The zero-order chi connectivity index (χ0) is 24.6. The molecule has 1 aromatic carbocycles. The maximum atomic E-state index is 13.4. The van der Waals surface area contributed by atoms with Gasteiger partial charge in [-0.1, -0.05) is 63.8 Å². The molecule has 0 spiro atoms. The summed E-state index contributed by atoms with van der Waals surface area (Å²) >= 11 is 0. The van der Waals surface area contributed by atoms with Crippen LogP contribution in [0.15, 0.2) is 47.5 Å². The normalized spacial score (nSPS) is 11.3. The van der Waals surface area contributed by atoms with E-state index in [9.17, 15) is 4.79 Å². The highest BCUT2D eigenvalue weighted by Crippen LogP contribution is 2.29. The van der Waals surface area contributed by atoms with Gasteiger partial charge in [0.05, 0.1) is 6.54 Å². The van der Waals surface area contributed by atoms with Crippen LogP contribution in [0.3, 0.4) is 0 Å². The summed E-state index contributed by atoms with van der Waals surface area (Å²) in [5.41, 5.74) is 6.39. The van der Waals surface area contributed by atoms with Gasteiger partial charge in [0.25, 0.3) is 0 Å². The van der Waals surface area contributed by atoms with Crippen LogP contribution < -0.4 is 5.69 Å². The largest absolute Gasteiger partial charge is 0.328 e. The molecule has 0 aliphatic rings. The molecule has 0 aliphatic heterocycles. The first-order valence-electron chi connectivity index (χ1n) is 12.7. The van der Waals surface area contributed by atoms with Gasteiger partial charge in [-0.2, -0.15) is 0 Å². The second-order valence-electron chi connectivity index (χ2n) is 9.08. The van der Waals surface area contributed by atoms with Gasteiger partial charge < -0.3 is 0 Å². The lowest BCUT2D eigenvalue weighted by atomic mass is 10.0. The molecule has 0 amide bonds. The van der Waals surface area contributed by atoms with Crippen molar-refractivity contribution in [1.82, 2.24) is 34.7 Å². The number of hydrogen-bond donors (Lipinski definition) is 1. The molecule has 0 bridgehead atoms. The topological polar surface area (TPSA) is 94.3 Å². The Balaban J connectivity index is 1.61. The Morgan fingerprint density at radius 3 is 2.40 bits per heavy atom. The van der Waals surface area contributed by atoms with E-state index in [1.54, 1.807) is 6.20 Å². The molecular weight excluding hydrogens is 438 g/mol. The van der Waals surface area contributed by atoms with Crippen molar-refractivity contribution in [3.63, 3.8) is 0 Å². The number of rotatable bonds is 12. The average Bonchev–Trinajstić information content (AvgIpc) is 3.49. The molecule has 3 aromatic heterocycles. The highest BCUT2D eigenvalue weighted by molar-refractivity contribution is 5.79. The lowest BCUT2D eigenvalue weighted by Crippen LogP contribution is -2.26. The van der Waals surface area contributed by atoms with Gasteiger partial charge in [-0.15, -0.1) is 5.10 Å². The van der Waals surface area contributed by atoms with Crippen molar-refractivity contribution in [3.8, 4) is 22.5 Å². The van der Waals surface area contributed by atoms with Crippen LogP contribution in [0.2, 0.25) is 0 Å². The lowest BCUT2D eigenvalue weighted by Gasteiger charge is -2.10. The average molecular weight is 474 g/mol. The van der Waals surface area contributed by atoms with Crippen molar-refractivity contribution in [2.45, 2.75) is 78.8 Å². The van der Waals surface area contributed by atoms with Crippen LogP contribution in [0, 0.1) is 6.92 Å². The van der Waals surface area contributed by atoms with Gasteiger partial charge in [-0.25, -0.2) is 9.89 Å². The summed E-state index contributed by atoms with van der Waals surface area (Å²) < 4.78 is 3.97. The van der Waals surface area contributed by atoms with Crippen LogP contribution in [0.5, 0.6) is 0 Å². The summed E-state index contributed by atoms with van der Waals surface area (Å²) in [4.78, 5) is 17.7. The van der Waals surface area contributed by atoms with Gasteiger partial charge >= 0.3 is 5.69 Å². The van der Waals surface area contributed by atoms with Crippen LogP contribution >= 0.6 is 0 Å². The zero-order valence-corrected chi connectivity index (χ0v) is 21.0. The molecule has 8 heteroatoms. The third kappa shape index (κ3) is 5.58. The van der Waals surface area contributed by atoms with E-state index in [-0.39, 0.29) is 5.69 Å². The van der Waals surface area contributed by atoms with Crippen LogP contribution in [-0.4, -0.2) is 34.7 Å². The molecule has 8 nitrogen and oxygen atoms in total. The third-order valence-corrected chi connectivity index (χ3v) is 6.64. The van der Waals surface area contributed by atoms with E-state index >= 15 is 0 Å². The number of tetrazole rings is 1. The van der Waals surface area contributed by atoms with Gasteiger partial charge in [-0.3, -0.25) is 14.1 Å². The highest BCUT2D eigenvalue weighted by atomic mass is 16.1. The van der Waals surface area contributed by atoms with Gasteiger partial charge in [0.15, 0.2) is 5.82 Å². The number of unbranched alkanes of at least 4 members (excludes halogenated alkanes) is 4. The summed E-state index contributed by atoms with van der Waals surface area (Å²) in [6.07, 6.45) is 11.3. The second kappa shape index (κ2) is 11.7. The van der Waals surface area contributed by atoms with Gasteiger partial charge in [0.1, 0.15) is 0 Å². The Hall–Kier alpha value is -3.55. The number of benzene rings is 1. The van der Waals surface area contributed by atoms with E-state index in [0.717, 1.165) is 66.6 Å². The fraction of sp³-hybridized carbons (Fsp3) is 0.444. The first-order chi connectivity index (χ1) is 17.1. The van der Waals surface area contributed by atoms with Crippen LogP contribution in [0.25, 0.3) is 22.5 Å². The van der Waals surface area contributed by atoms with Crippen molar-refractivity contribution in [2.75, 3.05) is 0 Å². The SMILES string of the molecule is CCCCCc1c(C)n(CCCCC)c(=O)n1Cc1ccc(-c2cnccc2-c2nnn[nH]2)cc1. The van der Waals surface area contributed by atoms with E-state index < -0.39 is 0 Å². The van der Waals surface area contributed by atoms with Crippen molar-refractivity contribution in [1.29, 1.82) is 0 Å². The highest BCUT2D eigenvalue weighted by Gasteiger charge is 2.17. The molecule has 0 saturated heterocycles. The molecule has 0 aliphatic carbocycles. The van der Waals surface area contributed by atoms with Crippen LogP contribution in [0.1, 0.15) is 69.3 Å². The van der Waals surface area contributed by atoms with Crippen molar-refractivity contribution >= 4 is 0 Å². The molecule has 0 radical (unpaired) electrons. The number of imidazole rings is 1. The van der Waals surface area contributed by atoms with Crippen molar-refractivity contribution in [3.05, 3.63) is 70.2 Å². The van der Waals surface area contributed by atoms with E-state index in [0.29, 0.717) is 12.4 Å². The minimum atomic E-state index is 0.113. The van der Waals surface area contributed by atoms with Gasteiger partial charge in [0.2, 0.25) is 0 Å². The number of nitrogens with one attached hydrogen (secondary N) is 1. The first-order valence-corrected chi connectivity index (χ1v) is 12.7. The minimum Gasteiger partial charge on any atom is -0.296 e. The lowest BCUT2D eigenvalue weighted by molar-refractivity contribution is 0.566. The minimum absolute atomic E-state index is 0.113. The molecule has 0 unspecified atom stereocenters. The second-order valence-corrected chi connectivity index (χ2v) is 9.08. The Morgan fingerprint density at radius 1 is 0.914 bits per heavy atom. The van der Waals surface area contributed by atoms with Gasteiger partial charge in [0, 0.05) is 41.5 Å². The number of aromatic amines is 1. The summed E-state index contributed by atoms with van der Waals surface area (Å²) in [6, 6.07) is 10.2. The molecule has 0 atom stereocenters. The summed E-state index contributed by atoms with van der Waals surface area (Å²) in [6.45, 7) is 7.89. The number of hydrogen-bond acceptors (Lipinski definition) is 5. The molecule has 184 valence electrons. The number of pyridine rings is 1.